The first-order valence-corrected chi connectivity index (χ1v) is 22.6. The second-order valence-corrected chi connectivity index (χ2v) is 18.8. The fraction of sp³-hybridized carbons (Fsp3) is 0.510. The highest BCUT2D eigenvalue weighted by Gasteiger charge is 2.47. The third-order valence-electron chi connectivity index (χ3n) is 15.0. The van der Waals surface area contributed by atoms with E-state index in [4.69, 9.17) is 14.2 Å². The molecule has 3 amide bonds. The lowest BCUT2D eigenvalue weighted by atomic mass is 9.61. The van der Waals surface area contributed by atoms with E-state index >= 15 is 0 Å². The van der Waals surface area contributed by atoms with Crippen LogP contribution in [0.4, 0.5) is 5.69 Å². The Bertz CT molecular complexity index is 2450. The summed E-state index contributed by atoms with van der Waals surface area (Å²) in [5.41, 5.74) is 5.98. The number of carbonyl (C=O) groups excluding carboxylic acids is 3. The second kappa shape index (κ2) is 16.4. The molecule has 326 valence electrons. The number of ether oxygens (including phenoxy) is 3. The van der Waals surface area contributed by atoms with E-state index in [1.165, 1.54) is 19.3 Å². The number of benzene rings is 3. The number of nitrogens with one attached hydrogen (secondary N) is 1. The normalized spacial score (nSPS) is 22.1. The van der Waals surface area contributed by atoms with E-state index in [-0.39, 0.29) is 29.9 Å². The molecule has 1 aromatic heterocycles. The Hall–Kier alpha value is -5.40. The van der Waals surface area contributed by atoms with Gasteiger partial charge in [-0.15, -0.1) is 0 Å². The van der Waals surface area contributed by atoms with E-state index in [0.717, 1.165) is 123 Å². The summed E-state index contributed by atoms with van der Waals surface area (Å²) in [5.74, 6) is 2.15. The van der Waals surface area contributed by atoms with Crippen LogP contribution in [0.5, 0.6) is 17.2 Å². The standard InChI is InChI=1S/C49H58N6O7/c1-51-29-40(39-23-34(54-15-4-16-54)6-8-37(39)47(51)58)33-21-43(60-2)41(44(22-33)61-3)30-52-17-11-31(12-18-52)27-53-19-13-49(14-20-53)25-36(26-49)62-35-7-5-32-28-55(48(59)38(32)24-35)42-9-10-45(56)50-46(42)57/h5-8,21-24,29,31,36,42H,4,9-20,25-28,30H2,1-3H3,(H,50,56,57). The number of piperidine rings is 3. The Morgan fingerprint density at radius 1 is 0.790 bits per heavy atom. The Labute approximate surface area is 362 Å². The predicted octanol–water partition coefficient (Wildman–Crippen LogP) is 5.73. The molecule has 1 N–H and O–H groups in total. The predicted molar refractivity (Wildman–Crippen MR) is 237 cm³/mol. The number of hydrogen-bond acceptors (Lipinski definition) is 10. The quantitative estimate of drug-likeness (QED) is 0.187. The maximum Gasteiger partial charge on any atom is 0.258 e. The molecule has 1 atom stereocenters. The van der Waals surface area contributed by atoms with Crippen LogP contribution in [-0.4, -0.2) is 109 Å². The van der Waals surface area contributed by atoms with Crippen molar-refractivity contribution in [1.29, 1.82) is 0 Å². The molecule has 4 saturated heterocycles. The Morgan fingerprint density at radius 3 is 2.21 bits per heavy atom. The topological polar surface area (TPSA) is 126 Å². The molecular formula is C49H58N6O7. The van der Waals surface area contributed by atoms with Crippen LogP contribution in [-0.2, 0) is 29.7 Å². The van der Waals surface area contributed by atoms with Crippen LogP contribution in [0.25, 0.3) is 21.9 Å². The van der Waals surface area contributed by atoms with Crippen LogP contribution in [0.2, 0.25) is 0 Å². The van der Waals surface area contributed by atoms with Gasteiger partial charge < -0.3 is 33.5 Å². The highest BCUT2D eigenvalue weighted by atomic mass is 16.5. The first-order chi connectivity index (χ1) is 30.1. The zero-order valence-corrected chi connectivity index (χ0v) is 36.2. The van der Waals surface area contributed by atoms with Gasteiger partial charge in [0, 0.05) is 74.6 Å². The fourth-order valence-corrected chi connectivity index (χ4v) is 11.1. The summed E-state index contributed by atoms with van der Waals surface area (Å²) in [4.78, 5) is 59.7. The van der Waals surface area contributed by atoms with Crippen molar-refractivity contribution in [1.82, 2.24) is 24.6 Å². The van der Waals surface area contributed by atoms with Crippen molar-refractivity contribution in [2.75, 3.05) is 64.9 Å². The summed E-state index contributed by atoms with van der Waals surface area (Å²) in [5, 5.41) is 4.03. The molecule has 10 rings (SSSR count). The number of aromatic nitrogens is 1. The van der Waals surface area contributed by atoms with E-state index in [1.807, 2.05) is 37.5 Å². The van der Waals surface area contributed by atoms with Gasteiger partial charge >= 0.3 is 0 Å². The summed E-state index contributed by atoms with van der Waals surface area (Å²) >= 11 is 0. The van der Waals surface area contributed by atoms with Crippen LogP contribution in [0.15, 0.2) is 59.5 Å². The number of nitrogens with zero attached hydrogens (tertiary/aromatic N) is 5. The lowest BCUT2D eigenvalue weighted by Crippen LogP contribution is -2.52. The minimum Gasteiger partial charge on any atom is -0.496 e. The Morgan fingerprint density at radius 2 is 1.53 bits per heavy atom. The number of anilines is 1. The molecule has 1 unspecified atom stereocenters. The number of rotatable bonds is 11. The highest BCUT2D eigenvalue weighted by Crippen LogP contribution is 2.51. The van der Waals surface area contributed by atoms with Crippen molar-refractivity contribution in [3.63, 3.8) is 0 Å². The first-order valence-electron chi connectivity index (χ1n) is 22.6. The van der Waals surface area contributed by atoms with Gasteiger partial charge in [-0.3, -0.25) is 29.4 Å². The van der Waals surface area contributed by atoms with Crippen LogP contribution >= 0.6 is 0 Å². The van der Waals surface area contributed by atoms with Gasteiger partial charge in [-0.25, -0.2) is 0 Å². The lowest BCUT2D eigenvalue weighted by molar-refractivity contribution is -0.136. The van der Waals surface area contributed by atoms with Gasteiger partial charge in [-0.2, -0.15) is 0 Å². The number of hydrogen-bond donors (Lipinski definition) is 1. The van der Waals surface area contributed by atoms with Crippen molar-refractivity contribution in [3.05, 3.63) is 81.8 Å². The van der Waals surface area contributed by atoms with Crippen molar-refractivity contribution in [2.24, 2.45) is 18.4 Å². The minimum absolute atomic E-state index is 0.00218. The van der Waals surface area contributed by atoms with Gasteiger partial charge in [0.2, 0.25) is 11.8 Å². The minimum atomic E-state index is -0.613. The summed E-state index contributed by atoms with van der Waals surface area (Å²) in [6.07, 6.45) is 10.7. The number of methoxy groups -OCH3 is 2. The Kier molecular flexibility index (Phi) is 10.7. The fourth-order valence-electron chi connectivity index (χ4n) is 11.1. The van der Waals surface area contributed by atoms with E-state index in [2.05, 4.69) is 44.3 Å². The molecule has 3 aromatic carbocycles. The van der Waals surface area contributed by atoms with E-state index < -0.39 is 11.9 Å². The third-order valence-corrected chi connectivity index (χ3v) is 15.0. The van der Waals surface area contributed by atoms with E-state index in [1.54, 1.807) is 23.7 Å². The second-order valence-electron chi connectivity index (χ2n) is 18.8. The molecule has 13 nitrogen and oxygen atoms in total. The molecule has 0 bridgehead atoms. The summed E-state index contributed by atoms with van der Waals surface area (Å²) < 4.78 is 20.2. The number of carbonyl (C=O) groups is 3. The number of likely N-dealkylation sites (tertiary alicyclic amines) is 2. The van der Waals surface area contributed by atoms with Crippen LogP contribution in [0.3, 0.4) is 0 Å². The van der Waals surface area contributed by atoms with E-state index in [9.17, 15) is 19.2 Å². The number of amides is 3. The third kappa shape index (κ3) is 7.61. The highest BCUT2D eigenvalue weighted by molar-refractivity contribution is 6.05. The van der Waals surface area contributed by atoms with Crippen molar-refractivity contribution >= 4 is 34.2 Å². The van der Waals surface area contributed by atoms with Gasteiger partial charge in [0.05, 0.1) is 25.9 Å². The first kappa shape index (κ1) is 40.7. The molecule has 13 heteroatoms. The number of pyridine rings is 1. The smallest absolute Gasteiger partial charge is 0.258 e. The molecule has 5 aliphatic heterocycles. The van der Waals surface area contributed by atoms with Gasteiger partial charge in [0.1, 0.15) is 23.3 Å². The molecule has 6 aliphatic rings. The van der Waals surface area contributed by atoms with Gasteiger partial charge in [0.15, 0.2) is 0 Å². The molecular weight excluding hydrogens is 785 g/mol. The van der Waals surface area contributed by atoms with Crippen molar-refractivity contribution < 1.29 is 28.6 Å². The molecule has 1 aliphatic carbocycles. The average molecular weight is 843 g/mol. The number of aryl methyl sites for hydroxylation is 1. The SMILES string of the molecule is COc1cc(-c2cn(C)c(=O)c3ccc(N4CCC4)cc23)cc(OC)c1CN1CCC(CN2CCC3(CC2)CC(Oc2ccc4c(c2)C(=O)N(C2CCC(=O)NC2=O)C4)C3)CC1. The molecule has 1 saturated carbocycles. The van der Waals surface area contributed by atoms with Gasteiger partial charge in [-0.1, -0.05) is 6.07 Å². The largest absolute Gasteiger partial charge is 0.496 e. The number of imide groups is 1. The zero-order chi connectivity index (χ0) is 42.7. The van der Waals surface area contributed by atoms with Crippen molar-refractivity contribution in [2.45, 2.75) is 83.0 Å². The molecule has 6 heterocycles. The van der Waals surface area contributed by atoms with Crippen LogP contribution in [0, 0.1) is 11.3 Å². The molecule has 1 spiro atoms. The maximum absolute atomic E-state index is 13.3. The molecule has 5 fully saturated rings. The monoisotopic (exact) mass is 842 g/mol. The summed E-state index contributed by atoms with van der Waals surface area (Å²) in [6.45, 7) is 8.68. The van der Waals surface area contributed by atoms with Crippen LogP contribution < -0.4 is 30.0 Å². The van der Waals surface area contributed by atoms with E-state index in [0.29, 0.717) is 41.0 Å². The summed E-state index contributed by atoms with van der Waals surface area (Å²) in [6, 6.07) is 15.5. The van der Waals surface area contributed by atoms with Crippen LogP contribution in [0.1, 0.15) is 79.3 Å². The molecule has 4 aromatic rings. The average Bonchev–Trinajstić information content (AvgIpc) is 3.57. The zero-order valence-electron chi connectivity index (χ0n) is 36.2. The number of fused-ring (bicyclic) bond motifs is 2. The van der Waals surface area contributed by atoms with Crippen molar-refractivity contribution in [3.8, 4) is 28.4 Å². The Balaban J connectivity index is 0.709. The van der Waals surface area contributed by atoms with Gasteiger partial charge in [0.25, 0.3) is 11.5 Å². The summed E-state index contributed by atoms with van der Waals surface area (Å²) in [7, 11) is 5.27. The lowest BCUT2D eigenvalue weighted by Gasteiger charge is -2.52. The molecule has 0 radical (unpaired) electrons. The maximum atomic E-state index is 13.3. The van der Waals surface area contributed by atoms with Gasteiger partial charge in [-0.05, 0) is 148 Å². The molecule has 62 heavy (non-hydrogen) atoms.